The van der Waals surface area contributed by atoms with Crippen LogP contribution in [-0.2, 0) is 14.4 Å². The molecule has 0 aromatic carbocycles. The minimum atomic E-state index is -0.976. The van der Waals surface area contributed by atoms with Crippen molar-refractivity contribution in [1.29, 1.82) is 0 Å². The summed E-state index contributed by atoms with van der Waals surface area (Å²) in [5.41, 5.74) is -0.438. The number of rotatable bonds is 6. The second-order valence-corrected chi connectivity index (χ2v) is 8.44. The van der Waals surface area contributed by atoms with Crippen LogP contribution in [0.2, 0.25) is 0 Å². The first-order valence-corrected chi connectivity index (χ1v) is 9.26. The number of hydrogen-bond acceptors (Lipinski definition) is 4. The first-order chi connectivity index (χ1) is 10.6. The normalized spacial score (nSPS) is 18.5. The molecule has 0 saturated heterocycles. The molecule has 2 atom stereocenters. The maximum Gasteiger partial charge on any atom is 0.326 e. The van der Waals surface area contributed by atoms with Crippen molar-refractivity contribution in [2.45, 2.75) is 72.4 Å². The molecule has 0 aromatic rings. The van der Waals surface area contributed by atoms with E-state index in [0.29, 0.717) is 5.75 Å². The van der Waals surface area contributed by atoms with E-state index in [1.54, 1.807) is 18.7 Å². The molecule has 0 radical (unpaired) electrons. The Kier molecular flexibility index (Phi) is 7.11. The predicted octanol–water partition coefficient (Wildman–Crippen LogP) is 3.17. The predicted molar refractivity (Wildman–Crippen MR) is 92.3 cm³/mol. The number of amides is 1. The van der Waals surface area contributed by atoms with E-state index in [-0.39, 0.29) is 23.0 Å². The van der Waals surface area contributed by atoms with Crippen molar-refractivity contribution in [1.82, 2.24) is 4.90 Å². The van der Waals surface area contributed by atoms with Gasteiger partial charge in [0.05, 0.1) is 0 Å². The Hall–Kier alpha value is -1.04. The standard InChI is InChI=1S/C17H29NO4S/c1-11(10-23-16(22)17(3,4)5)14(19)18(12(2)15(20)21)13-8-6-7-9-13/h11-13H,6-10H2,1-5H3,(H,20,21). The van der Waals surface area contributed by atoms with Crippen molar-refractivity contribution >= 4 is 28.8 Å². The van der Waals surface area contributed by atoms with E-state index in [2.05, 4.69) is 0 Å². The summed E-state index contributed by atoms with van der Waals surface area (Å²) in [5.74, 6) is -1.10. The third kappa shape index (κ3) is 5.52. The molecular formula is C17H29NO4S. The van der Waals surface area contributed by atoms with Crippen molar-refractivity contribution < 1.29 is 19.5 Å². The molecule has 1 saturated carbocycles. The molecule has 1 rings (SSSR count). The molecular weight excluding hydrogens is 314 g/mol. The van der Waals surface area contributed by atoms with E-state index in [0.717, 1.165) is 25.7 Å². The van der Waals surface area contributed by atoms with Gasteiger partial charge in [-0.1, -0.05) is 52.3 Å². The highest BCUT2D eigenvalue weighted by Gasteiger charge is 2.36. The van der Waals surface area contributed by atoms with Crippen molar-refractivity contribution in [2.75, 3.05) is 5.75 Å². The van der Waals surface area contributed by atoms with Crippen LogP contribution in [0.3, 0.4) is 0 Å². The Morgan fingerprint density at radius 1 is 1.17 bits per heavy atom. The molecule has 2 unspecified atom stereocenters. The van der Waals surface area contributed by atoms with Crippen molar-refractivity contribution in [2.24, 2.45) is 11.3 Å². The average Bonchev–Trinajstić information content (AvgIpc) is 2.96. The van der Waals surface area contributed by atoms with Gasteiger partial charge in [0.25, 0.3) is 0 Å². The highest BCUT2D eigenvalue weighted by molar-refractivity contribution is 8.13. The van der Waals surface area contributed by atoms with Crippen LogP contribution in [0.1, 0.15) is 60.3 Å². The molecule has 1 aliphatic carbocycles. The molecule has 1 N–H and O–H groups in total. The molecule has 0 aromatic heterocycles. The van der Waals surface area contributed by atoms with Gasteiger partial charge in [0, 0.05) is 23.1 Å². The quantitative estimate of drug-likeness (QED) is 0.802. The van der Waals surface area contributed by atoms with E-state index < -0.39 is 17.4 Å². The highest BCUT2D eigenvalue weighted by atomic mass is 32.2. The van der Waals surface area contributed by atoms with Gasteiger partial charge in [0.1, 0.15) is 6.04 Å². The molecule has 0 spiro atoms. The number of carbonyl (C=O) groups excluding carboxylic acids is 2. The largest absolute Gasteiger partial charge is 0.480 e. The lowest BCUT2D eigenvalue weighted by atomic mass is 10.00. The third-order valence-electron chi connectivity index (χ3n) is 4.25. The Morgan fingerprint density at radius 3 is 2.13 bits per heavy atom. The molecule has 0 bridgehead atoms. The monoisotopic (exact) mass is 343 g/mol. The van der Waals surface area contributed by atoms with Crippen LogP contribution in [0, 0.1) is 11.3 Å². The van der Waals surface area contributed by atoms with Gasteiger partial charge in [-0.15, -0.1) is 0 Å². The summed E-state index contributed by atoms with van der Waals surface area (Å²) in [6, 6.07) is -0.810. The van der Waals surface area contributed by atoms with E-state index in [9.17, 15) is 19.5 Å². The smallest absolute Gasteiger partial charge is 0.326 e. The first-order valence-electron chi connectivity index (χ1n) is 8.28. The summed E-state index contributed by atoms with van der Waals surface area (Å²) in [4.78, 5) is 37.7. The molecule has 6 heteroatoms. The summed E-state index contributed by atoms with van der Waals surface area (Å²) in [5, 5.41) is 9.37. The van der Waals surface area contributed by atoms with Crippen LogP contribution in [0.4, 0.5) is 0 Å². The van der Waals surface area contributed by atoms with Crippen LogP contribution in [0.5, 0.6) is 0 Å². The van der Waals surface area contributed by atoms with Crippen LogP contribution >= 0.6 is 11.8 Å². The van der Waals surface area contributed by atoms with Gasteiger partial charge >= 0.3 is 5.97 Å². The maximum atomic E-state index is 12.8. The topological polar surface area (TPSA) is 74.7 Å². The average molecular weight is 343 g/mol. The molecule has 5 nitrogen and oxygen atoms in total. The summed E-state index contributed by atoms with van der Waals surface area (Å²) in [7, 11) is 0. The van der Waals surface area contributed by atoms with Gasteiger partial charge in [-0.05, 0) is 19.8 Å². The number of carboxylic acid groups (broad SMARTS) is 1. The van der Waals surface area contributed by atoms with Crippen molar-refractivity contribution in [3.05, 3.63) is 0 Å². The van der Waals surface area contributed by atoms with E-state index in [1.165, 1.54) is 11.8 Å². The fraction of sp³-hybridized carbons (Fsp3) is 0.824. The van der Waals surface area contributed by atoms with Gasteiger partial charge in [-0.25, -0.2) is 4.79 Å². The second kappa shape index (κ2) is 8.18. The number of nitrogens with zero attached hydrogens (tertiary/aromatic N) is 1. The Labute approximate surface area is 143 Å². The zero-order valence-corrected chi connectivity index (χ0v) is 15.6. The first kappa shape index (κ1) is 20.0. The molecule has 0 aliphatic heterocycles. The molecule has 0 heterocycles. The van der Waals surface area contributed by atoms with Crippen LogP contribution in [0.15, 0.2) is 0 Å². The lowest BCUT2D eigenvalue weighted by molar-refractivity contribution is -0.153. The molecule has 1 amide bonds. The molecule has 1 aliphatic rings. The van der Waals surface area contributed by atoms with Crippen LogP contribution in [0.25, 0.3) is 0 Å². The van der Waals surface area contributed by atoms with Crippen LogP contribution in [-0.4, -0.2) is 44.8 Å². The number of carbonyl (C=O) groups is 3. The van der Waals surface area contributed by atoms with Crippen molar-refractivity contribution in [3.8, 4) is 0 Å². The third-order valence-corrected chi connectivity index (χ3v) is 5.79. The maximum absolute atomic E-state index is 12.8. The summed E-state index contributed by atoms with van der Waals surface area (Å²) >= 11 is 1.17. The van der Waals surface area contributed by atoms with Gasteiger partial charge in [0.15, 0.2) is 5.12 Å². The van der Waals surface area contributed by atoms with Crippen molar-refractivity contribution in [3.63, 3.8) is 0 Å². The summed E-state index contributed by atoms with van der Waals surface area (Å²) in [6.45, 7) is 8.91. The summed E-state index contributed by atoms with van der Waals surface area (Å²) < 4.78 is 0. The minimum Gasteiger partial charge on any atom is -0.480 e. The van der Waals surface area contributed by atoms with Crippen LogP contribution < -0.4 is 0 Å². The second-order valence-electron chi connectivity index (χ2n) is 7.45. The molecule has 1 fully saturated rings. The highest BCUT2D eigenvalue weighted by Crippen LogP contribution is 2.29. The zero-order valence-electron chi connectivity index (χ0n) is 14.8. The number of aliphatic carboxylic acids is 1. The van der Waals surface area contributed by atoms with E-state index in [1.807, 2.05) is 20.8 Å². The van der Waals surface area contributed by atoms with E-state index >= 15 is 0 Å². The fourth-order valence-electron chi connectivity index (χ4n) is 2.73. The Balaban J connectivity index is 2.75. The SMILES string of the molecule is CC(CSC(=O)C(C)(C)C)C(=O)N(C1CCCC1)C(C)C(=O)O. The number of thioether (sulfide) groups is 1. The minimum absolute atomic E-state index is 0.0133. The van der Waals surface area contributed by atoms with E-state index in [4.69, 9.17) is 0 Å². The summed E-state index contributed by atoms with van der Waals surface area (Å²) in [6.07, 6.45) is 3.80. The fourth-order valence-corrected chi connectivity index (χ4v) is 3.71. The lowest BCUT2D eigenvalue weighted by Gasteiger charge is -2.34. The van der Waals surface area contributed by atoms with Gasteiger partial charge in [0.2, 0.25) is 5.91 Å². The zero-order chi connectivity index (χ0) is 17.8. The molecule has 132 valence electrons. The Bertz CT molecular complexity index is 452. The van der Waals surface area contributed by atoms with Gasteiger partial charge < -0.3 is 10.0 Å². The van der Waals surface area contributed by atoms with Gasteiger partial charge in [-0.3, -0.25) is 9.59 Å². The molecule has 23 heavy (non-hydrogen) atoms. The Morgan fingerprint density at radius 2 is 1.70 bits per heavy atom. The number of carboxylic acids is 1. The van der Waals surface area contributed by atoms with Gasteiger partial charge in [-0.2, -0.15) is 0 Å². The number of hydrogen-bond donors (Lipinski definition) is 1. The lowest BCUT2D eigenvalue weighted by Crippen LogP contribution is -2.50.